The standard InChI is InChI=1S/C12H9Cl2N3O2/c13-11-10(12(14)16-7-15-11)17-9(18)6-19-8-4-2-1-3-5-8/h1-5,7H,6H2,(H,17,18). The van der Waals surface area contributed by atoms with Gasteiger partial charge in [-0.2, -0.15) is 0 Å². The average Bonchev–Trinajstić information content (AvgIpc) is 2.42. The summed E-state index contributed by atoms with van der Waals surface area (Å²) < 4.78 is 5.28. The first-order valence-corrected chi connectivity index (χ1v) is 6.06. The molecule has 0 aliphatic heterocycles. The zero-order valence-electron chi connectivity index (χ0n) is 9.64. The van der Waals surface area contributed by atoms with Crippen LogP contribution in [0.25, 0.3) is 0 Å². The lowest BCUT2D eigenvalue weighted by Gasteiger charge is -2.08. The number of anilines is 1. The monoisotopic (exact) mass is 297 g/mol. The second-order valence-electron chi connectivity index (χ2n) is 3.48. The Balaban J connectivity index is 1.95. The third-order valence-electron chi connectivity index (χ3n) is 2.13. The van der Waals surface area contributed by atoms with E-state index in [2.05, 4.69) is 15.3 Å². The number of carbonyl (C=O) groups excluding carboxylic acids is 1. The van der Waals surface area contributed by atoms with Crippen molar-refractivity contribution < 1.29 is 9.53 Å². The Kier molecular flexibility index (Phi) is 4.54. The van der Waals surface area contributed by atoms with Crippen LogP contribution >= 0.6 is 23.2 Å². The third kappa shape index (κ3) is 3.81. The number of halogens is 2. The van der Waals surface area contributed by atoms with Gasteiger partial charge in [-0.3, -0.25) is 4.79 Å². The number of rotatable bonds is 4. The van der Waals surface area contributed by atoms with Gasteiger partial charge in [0, 0.05) is 0 Å². The summed E-state index contributed by atoms with van der Waals surface area (Å²) in [6.45, 7) is -0.161. The number of nitrogens with zero attached hydrogens (tertiary/aromatic N) is 2. The molecule has 0 saturated heterocycles. The van der Waals surface area contributed by atoms with Gasteiger partial charge in [-0.1, -0.05) is 41.4 Å². The molecule has 0 unspecified atom stereocenters. The maximum Gasteiger partial charge on any atom is 0.262 e. The lowest BCUT2D eigenvalue weighted by molar-refractivity contribution is -0.118. The Morgan fingerprint density at radius 2 is 1.79 bits per heavy atom. The maximum absolute atomic E-state index is 11.7. The Hall–Kier alpha value is -1.85. The van der Waals surface area contributed by atoms with Crippen LogP contribution in [-0.2, 0) is 4.79 Å². The van der Waals surface area contributed by atoms with E-state index in [0.717, 1.165) is 0 Å². The van der Waals surface area contributed by atoms with Gasteiger partial charge in [-0.15, -0.1) is 0 Å². The highest BCUT2D eigenvalue weighted by Crippen LogP contribution is 2.25. The molecule has 7 heteroatoms. The van der Waals surface area contributed by atoms with Gasteiger partial charge in [0.05, 0.1) is 0 Å². The minimum absolute atomic E-state index is 0.0769. The van der Waals surface area contributed by atoms with Crippen molar-refractivity contribution in [2.24, 2.45) is 0 Å². The number of hydrogen-bond donors (Lipinski definition) is 1. The summed E-state index contributed by atoms with van der Waals surface area (Å²) in [6.07, 6.45) is 1.21. The van der Waals surface area contributed by atoms with Gasteiger partial charge in [0.25, 0.3) is 5.91 Å². The molecule has 0 fully saturated rings. The van der Waals surface area contributed by atoms with E-state index in [-0.39, 0.29) is 22.6 Å². The van der Waals surface area contributed by atoms with Crippen LogP contribution in [0.2, 0.25) is 10.3 Å². The molecule has 0 bridgehead atoms. The molecule has 5 nitrogen and oxygen atoms in total. The van der Waals surface area contributed by atoms with Crippen molar-refractivity contribution in [2.45, 2.75) is 0 Å². The molecule has 1 aromatic carbocycles. The highest BCUT2D eigenvalue weighted by atomic mass is 35.5. The number of amides is 1. The quantitative estimate of drug-likeness (QED) is 0.882. The summed E-state index contributed by atoms with van der Waals surface area (Å²) in [5.74, 6) is 0.196. The molecule has 0 atom stereocenters. The van der Waals surface area contributed by atoms with Crippen LogP contribution in [0, 0.1) is 0 Å². The SMILES string of the molecule is O=C(COc1ccccc1)Nc1c(Cl)ncnc1Cl. The summed E-state index contributed by atoms with van der Waals surface area (Å²) >= 11 is 11.6. The zero-order valence-corrected chi connectivity index (χ0v) is 11.1. The lowest BCUT2D eigenvalue weighted by Crippen LogP contribution is -2.20. The average molecular weight is 298 g/mol. The summed E-state index contributed by atoms with van der Waals surface area (Å²) in [4.78, 5) is 19.1. The summed E-state index contributed by atoms with van der Waals surface area (Å²) in [7, 11) is 0. The van der Waals surface area contributed by atoms with E-state index in [1.54, 1.807) is 12.1 Å². The number of ether oxygens (including phenoxy) is 1. The molecular weight excluding hydrogens is 289 g/mol. The first-order chi connectivity index (χ1) is 9.16. The highest BCUT2D eigenvalue weighted by molar-refractivity contribution is 6.38. The molecule has 0 saturated carbocycles. The smallest absolute Gasteiger partial charge is 0.262 e. The van der Waals surface area contributed by atoms with Crippen molar-refractivity contribution in [1.29, 1.82) is 0 Å². The summed E-state index contributed by atoms with van der Waals surface area (Å²) in [5, 5.41) is 2.65. The van der Waals surface area contributed by atoms with Crippen LogP contribution in [0.3, 0.4) is 0 Å². The largest absolute Gasteiger partial charge is 0.484 e. The molecule has 98 valence electrons. The Labute approximate surface area is 119 Å². The van der Waals surface area contributed by atoms with Crippen molar-refractivity contribution in [2.75, 3.05) is 11.9 Å². The Morgan fingerprint density at radius 3 is 2.42 bits per heavy atom. The highest BCUT2D eigenvalue weighted by Gasteiger charge is 2.12. The molecule has 2 rings (SSSR count). The number of para-hydroxylation sites is 1. The van der Waals surface area contributed by atoms with Crippen molar-refractivity contribution in [3.63, 3.8) is 0 Å². The molecule has 0 spiro atoms. The van der Waals surface area contributed by atoms with E-state index in [1.165, 1.54) is 6.33 Å². The van der Waals surface area contributed by atoms with Crippen molar-refractivity contribution >= 4 is 34.8 Å². The fourth-order valence-electron chi connectivity index (χ4n) is 1.29. The number of aromatic nitrogens is 2. The van der Waals surface area contributed by atoms with Gasteiger partial charge >= 0.3 is 0 Å². The third-order valence-corrected chi connectivity index (χ3v) is 2.71. The number of benzene rings is 1. The molecule has 1 aromatic heterocycles. The van der Waals surface area contributed by atoms with Crippen molar-refractivity contribution in [3.8, 4) is 5.75 Å². The Bertz CT molecular complexity index is 558. The fourth-order valence-corrected chi connectivity index (χ4v) is 1.70. The first-order valence-electron chi connectivity index (χ1n) is 5.30. The van der Waals surface area contributed by atoms with Gasteiger partial charge in [0.15, 0.2) is 16.9 Å². The predicted molar refractivity (Wildman–Crippen MR) is 72.6 cm³/mol. The van der Waals surface area contributed by atoms with Gasteiger partial charge in [0.2, 0.25) is 0 Å². The molecule has 1 N–H and O–H groups in total. The molecule has 0 aliphatic carbocycles. The molecule has 0 radical (unpaired) electrons. The second kappa shape index (κ2) is 6.36. The van der Waals surface area contributed by atoms with Crippen LogP contribution in [0.1, 0.15) is 0 Å². The normalized spacial score (nSPS) is 10.0. The minimum atomic E-state index is -0.401. The van der Waals surface area contributed by atoms with E-state index in [4.69, 9.17) is 27.9 Å². The molecule has 1 heterocycles. The maximum atomic E-state index is 11.7. The Morgan fingerprint density at radius 1 is 1.16 bits per heavy atom. The van der Waals surface area contributed by atoms with Crippen LogP contribution in [0.4, 0.5) is 5.69 Å². The second-order valence-corrected chi connectivity index (χ2v) is 4.20. The van der Waals surface area contributed by atoms with Gasteiger partial charge in [-0.05, 0) is 12.1 Å². The van der Waals surface area contributed by atoms with Crippen molar-refractivity contribution in [1.82, 2.24) is 9.97 Å². The molecule has 19 heavy (non-hydrogen) atoms. The van der Waals surface area contributed by atoms with Gasteiger partial charge < -0.3 is 10.1 Å². The lowest BCUT2D eigenvalue weighted by atomic mass is 10.3. The van der Waals surface area contributed by atoms with E-state index >= 15 is 0 Å². The van der Waals surface area contributed by atoms with Crippen LogP contribution < -0.4 is 10.1 Å². The minimum Gasteiger partial charge on any atom is -0.484 e. The number of nitrogens with one attached hydrogen (secondary N) is 1. The van der Waals surface area contributed by atoms with E-state index in [9.17, 15) is 4.79 Å². The first kappa shape index (κ1) is 13.6. The number of hydrogen-bond acceptors (Lipinski definition) is 4. The van der Waals surface area contributed by atoms with Crippen LogP contribution in [-0.4, -0.2) is 22.5 Å². The van der Waals surface area contributed by atoms with Crippen LogP contribution in [0.15, 0.2) is 36.7 Å². The molecule has 2 aromatic rings. The van der Waals surface area contributed by atoms with Gasteiger partial charge in [-0.25, -0.2) is 9.97 Å². The molecule has 1 amide bonds. The summed E-state index contributed by atoms with van der Waals surface area (Å²) in [5.41, 5.74) is 0.174. The van der Waals surface area contributed by atoms with Crippen LogP contribution in [0.5, 0.6) is 5.75 Å². The van der Waals surface area contributed by atoms with E-state index in [0.29, 0.717) is 5.75 Å². The number of carbonyl (C=O) groups is 1. The summed E-state index contributed by atoms with van der Waals surface area (Å²) in [6, 6.07) is 8.98. The van der Waals surface area contributed by atoms with Crippen molar-refractivity contribution in [3.05, 3.63) is 47.0 Å². The fraction of sp³-hybridized carbons (Fsp3) is 0.0833. The molecule has 0 aliphatic rings. The molecular formula is C12H9Cl2N3O2. The van der Waals surface area contributed by atoms with Gasteiger partial charge in [0.1, 0.15) is 17.8 Å². The predicted octanol–water partition coefficient (Wildman–Crippen LogP) is 2.80. The van der Waals surface area contributed by atoms with E-state index in [1.807, 2.05) is 18.2 Å². The topological polar surface area (TPSA) is 64.1 Å². The zero-order chi connectivity index (χ0) is 13.7. The van der Waals surface area contributed by atoms with E-state index < -0.39 is 5.91 Å².